The van der Waals surface area contributed by atoms with Gasteiger partial charge >= 0.3 is 18.0 Å². The van der Waals surface area contributed by atoms with Crippen molar-refractivity contribution in [3.8, 4) is 22.3 Å². The van der Waals surface area contributed by atoms with Crippen molar-refractivity contribution in [2.75, 3.05) is 56.3 Å². The molecule has 0 bridgehead atoms. The lowest BCUT2D eigenvalue weighted by atomic mass is 9.91. The SMILES string of the molecule is CCNC(=O)Nc1ncc(-c2cncc(C(=O)OCC)c2)c(-c2ccc(N3CCOCC3)cc2)c1C(=O)OCC. The third-order valence-corrected chi connectivity index (χ3v) is 6.22. The molecule has 1 aliphatic heterocycles. The molecule has 0 spiro atoms. The molecular formula is C29H33N5O6. The number of nitrogens with one attached hydrogen (secondary N) is 2. The van der Waals surface area contributed by atoms with Crippen molar-refractivity contribution in [1.29, 1.82) is 0 Å². The second kappa shape index (κ2) is 13.5. The zero-order valence-electron chi connectivity index (χ0n) is 22.9. The van der Waals surface area contributed by atoms with E-state index in [1.807, 2.05) is 24.3 Å². The summed E-state index contributed by atoms with van der Waals surface area (Å²) in [4.78, 5) is 49.2. The number of nitrogens with zero attached hydrogens (tertiary/aromatic N) is 3. The van der Waals surface area contributed by atoms with Gasteiger partial charge in [-0.3, -0.25) is 10.3 Å². The number of morpholine rings is 1. The molecule has 0 saturated carbocycles. The number of carbonyl (C=O) groups is 3. The van der Waals surface area contributed by atoms with Crippen LogP contribution in [-0.2, 0) is 14.2 Å². The van der Waals surface area contributed by atoms with E-state index in [4.69, 9.17) is 14.2 Å². The fourth-order valence-electron chi connectivity index (χ4n) is 4.41. The Hall–Kier alpha value is -4.51. The van der Waals surface area contributed by atoms with Crippen molar-refractivity contribution in [1.82, 2.24) is 15.3 Å². The molecule has 2 aromatic heterocycles. The summed E-state index contributed by atoms with van der Waals surface area (Å²) in [5.41, 5.74) is 3.62. The van der Waals surface area contributed by atoms with E-state index in [0.717, 1.165) is 18.8 Å². The lowest BCUT2D eigenvalue weighted by molar-refractivity contribution is 0.0517. The predicted octanol–water partition coefficient (Wildman–Crippen LogP) is 4.14. The molecule has 0 aliphatic carbocycles. The Kier molecular flexibility index (Phi) is 9.63. The Morgan fingerprint density at radius 1 is 0.925 bits per heavy atom. The lowest BCUT2D eigenvalue weighted by Crippen LogP contribution is -2.36. The average Bonchev–Trinajstić information content (AvgIpc) is 2.98. The normalized spacial score (nSPS) is 12.9. The molecule has 1 saturated heterocycles. The van der Waals surface area contributed by atoms with Gasteiger partial charge in [-0.25, -0.2) is 19.4 Å². The van der Waals surface area contributed by atoms with Crippen LogP contribution in [0, 0.1) is 0 Å². The van der Waals surface area contributed by atoms with E-state index in [2.05, 4.69) is 25.5 Å². The molecule has 0 unspecified atom stereocenters. The smallest absolute Gasteiger partial charge is 0.342 e. The molecule has 11 nitrogen and oxygen atoms in total. The lowest BCUT2D eigenvalue weighted by Gasteiger charge is -2.29. The van der Waals surface area contributed by atoms with Gasteiger partial charge in [0.25, 0.3) is 0 Å². The number of benzene rings is 1. The summed E-state index contributed by atoms with van der Waals surface area (Å²) in [5.74, 6) is -1.11. The maximum atomic E-state index is 13.4. The van der Waals surface area contributed by atoms with Gasteiger partial charge in [0.2, 0.25) is 0 Å². The Morgan fingerprint density at radius 2 is 1.62 bits per heavy atom. The van der Waals surface area contributed by atoms with Crippen molar-refractivity contribution in [2.24, 2.45) is 0 Å². The van der Waals surface area contributed by atoms with E-state index in [-0.39, 0.29) is 30.2 Å². The van der Waals surface area contributed by atoms with E-state index in [9.17, 15) is 14.4 Å². The minimum Gasteiger partial charge on any atom is -0.462 e. The topological polar surface area (TPSA) is 132 Å². The summed E-state index contributed by atoms with van der Waals surface area (Å²) in [7, 11) is 0. The highest BCUT2D eigenvalue weighted by molar-refractivity contribution is 6.08. The molecule has 1 aromatic carbocycles. The van der Waals surface area contributed by atoms with Crippen LogP contribution in [0.3, 0.4) is 0 Å². The first kappa shape index (κ1) is 28.5. The number of urea groups is 1. The molecule has 0 atom stereocenters. The summed E-state index contributed by atoms with van der Waals surface area (Å²) in [6.07, 6.45) is 4.54. The van der Waals surface area contributed by atoms with E-state index in [0.29, 0.717) is 42.0 Å². The first-order chi connectivity index (χ1) is 19.5. The summed E-state index contributed by atoms with van der Waals surface area (Å²) in [6, 6.07) is 8.90. The van der Waals surface area contributed by atoms with Gasteiger partial charge in [0.15, 0.2) is 0 Å². The number of pyridine rings is 2. The summed E-state index contributed by atoms with van der Waals surface area (Å²) in [5, 5.41) is 5.33. The molecular weight excluding hydrogens is 514 g/mol. The van der Waals surface area contributed by atoms with Gasteiger partial charge in [0.1, 0.15) is 11.4 Å². The number of carbonyl (C=O) groups excluding carboxylic acids is 3. The van der Waals surface area contributed by atoms with Crippen LogP contribution >= 0.6 is 0 Å². The van der Waals surface area contributed by atoms with Crippen LogP contribution in [0.15, 0.2) is 48.9 Å². The molecule has 1 aliphatic rings. The van der Waals surface area contributed by atoms with Crippen molar-refractivity contribution >= 4 is 29.5 Å². The second-order valence-corrected chi connectivity index (χ2v) is 8.80. The second-order valence-electron chi connectivity index (χ2n) is 8.80. The fraction of sp³-hybridized carbons (Fsp3) is 0.345. The maximum Gasteiger partial charge on any atom is 0.342 e. The summed E-state index contributed by atoms with van der Waals surface area (Å²) < 4.78 is 16.0. The number of anilines is 2. The van der Waals surface area contributed by atoms with E-state index < -0.39 is 18.0 Å². The molecule has 3 heterocycles. The van der Waals surface area contributed by atoms with Crippen molar-refractivity contribution < 1.29 is 28.6 Å². The van der Waals surface area contributed by atoms with Crippen LogP contribution in [0.5, 0.6) is 0 Å². The van der Waals surface area contributed by atoms with Gasteiger partial charge in [-0.15, -0.1) is 0 Å². The Labute approximate surface area is 232 Å². The standard InChI is InChI=1S/C29H33N5O6/c1-4-31-29(37)33-26-25(28(36)40-6-3)24(19-7-9-22(10-8-19)34-11-13-38-14-12-34)23(18-32-26)20-15-21(17-30-16-20)27(35)39-5-2/h7-10,15-18H,4-6,11-14H2,1-3H3,(H2,31,32,33,37). The number of hydrogen-bond donors (Lipinski definition) is 2. The number of amides is 2. The number of ether oxygens (including phenoxy) is 3. The number of hydrogen-bond acceptors (Lipinski definition) is 9. The van der Waals surface area contributed by atoms with Gasteiger partial charge in [-0.2, -0.15) is 0 Å². The first-order valence-corrected chi connectivity index (χ1v) is 13.3. The maximum absolute atomic E-state index is 13.4. The molecule has 2 amide bonds. The quantitative estimate of drug-likeness (QED) is 0.379. The van der Waals surface area contributed by atoms with Crippen LogP contribution in [0.25, 0.3) is 22.3 Å². The van der Waals surface area contributed by atoms with Crippen molar-refractivity contribution in [3.05, 3.63) is 60.0 Å². The van der Waals surface area contributed by atoms with Crippen LogP contribution in [0.4, 0.5) is 16.3 Å². The molecule has 210 valence electrons. The van der Waals surface area contributed by atoms with Crippen LogP contribution in [-0.4, -0.2) is 74.0 Å². The minimum atomic E-state index is -0.648. The van der Waals surface area contributed by atoms with Crippen LogP contribution < -0.4 is 15.5 Å². The number of rotatable bonds is 9. The summed E-state index contributed by atoms with van der Waals surface area (Å²) in [6.45, 7) is 8.82. The largest absolute Gasteiger partial charge is 0.462 e. The Balaban J connectivity index is 1.90. The van der Waals surface area contributed by atoms with Crippen LogP contribution in [0.1, 0.15) is 41.5 Å². The van der Waals surface area contributed by atoms with Crippen molar-refractivity contribution in [2.45, 2.75) is 20.8 Å². The third-order valence-electron chi connectivity index (χ3n) is 6.22. The number of esters is 2. The van der Waals surface area contributed by atoms with Gasteiger partial charge in [-0.05, 0) is 44.5 Å². The van der Waals surface area contributed by atoms with Gasteiger partial charge in [-0.1, -0.05) is 12.1 Å². The van der Waals surface area contributed by atoms with Gasteiger partial charge < -0.3 is 24.4 Å². The molecule has 4 rings (SSSR count). The molecule has 40 heavy (non-hydrogen) atoms. The van der Waals surface area contributed by atoms with Crippen LogP contribution in [0.2, 0.25) is 0 Å². The van der Waals surface area contributed by atoms with Crippen molar-refractivity contribution in [3.63, 3.8) is 0 Å². The highest BCUT2D eigenvalue weighted by atomic mass is 16.5. The predicted molar refractivity (Wildman–Crippen MR) is 151 cm³/mol. The number of aromatic nitrogens is 2. The first-order valence-electron chi connectivity index (χ1n) is 13.3. The molecule has 0 radical (unpaired) electrons. The zero-order valence-corrected chi connectivity index (χ0v) is 22.9. The highest BCUT2D eigenvalue weighted by Gasteiger charge is 2.26. The van der Waals surface area contributed by atoms with Gasteiger partial charge in [0, 0.05) is 60.6 Å². The highest BCUT2D eigenvalue weighted by Crippen LogP contribution is 2.39. The molecule has 3 aromatic rings. The van der Waals surface area contributed by atoms with E-state index >= 15 is 0 Å². The van der Waals surface area contributed by atoms with E-state index in [1.165, 1.54) is 6.20 Å². The Bertz CT molecular complexity index is 1360. The molecule has 2 N–H and O–H groups in total. The van der Waals surface area contributed by atoms with Gasteiger partial charge in [0.05, 0.1) is 32.0 Å². The van der Waals surface area contributed by atoms with E-state index in [1.54, 1.807) is 39.2 Å². The molecule has 1 fully saturated rings. The average molecular weight is 548 g/mol. The summed E-state index contributed by atoms with van der Waals surface area (Å²) >= 11 is 0. The molecule has 11 heteroatoms. The fourth-order valence-corrected chi connectivity index (χ4v) is 4.41. The third kappa shape index (κ3) is 6.55. The monoisotopic (exact) mass is 547 g/mol. The minimum absolute atomic E-state index is 0.0508. The Morgan fingerprint density at radius 3 is 2.30 bits per heavy atom. The zero-order chi connectivity index (χ0) is 28.5.